The Labute approximate surface area is 133 Å². The van der Waals surface area contributed by atoms with Crippen LogP contribution in [0.25, 0.3) is 0 Å². The third-order valence-electron chi connectivity index (χ3n) is 3.78. The summed E-state index contributed by atoms with van der Waals surface area (Å²) in [5, 5.41) is 4.71. The van der Waals surface area contributed by atoms with Gasteiger partial charge < -0.3 is 10.1 Å². The first-order chi connectivity index (χ1) is 9.97. The minimum Gasteiger partial charge on any atom is -0.371 e. The van der Waals surface area contributed by atoms with Crippen molar-refractivity contribution in [2.75, 3.05) is 13.2 Å². The van der Waals surface area contributed by atoms with Crippen LogP contribution < -0.4 is 5.32 Å². The van der Waals surface area contributed by atoms with Gasteiger partial charge in [-0.2, -0.15) is 0 Å². The van der Waals surface area contributed by atoms with Gasteiger partial charge in [0.25, 0.3) is 0 Å². The third-order valence-corrected chi connectivity index (χ3v) is 4.89. The zero-order valence-electron chi connectivity index (χ0n) is 14.2. The van der Waals surface area contributed by atoms with E-state index >= 15 is 0 Å². The van der Waals surface area contributed by atoms with Crippen molar-refractivity contribution in [3.8, 4) is 0 Å². The molecule has 1 N–H and O–H groups in total. The van der Waals surface area contributed by atoms with E-state index in [1.807, 2.05) is 11.3 Å². The molecule has 0 radical (unpaired) electrons. The van der Waals surface area contributed by atoms with Gasteiger partial charge in [-0.15, -0.1) is 11.3 Å². The number of rotatable bonds is 8. The molecule has 1 unspecified atom stereocenters. The Bertz CT molecular complexity index is 446. The molecule has 1 aliphatic rings. The topological polar surface area (TPSA) is 34.1 Å². The van der Waals surface area contributed by atoms with E-state index in [9.17, 15) is 0 Å². The normalized spacial score (nSPS) is 17.2. The molecule has 1 atom stereocenters. The standard InChI is InChI=1S/C17H30N2OS/c1-6-10-18-11-13-15(17(3,4)5)19-16(21-13)14(20-7-2)12-8-9-12/h12,14,18H,6-11H2,1-5H3. The predicted octanol–water partition coefficient (Wildman–Crippen LogP) is 4.43. The summed E-state index contributed by atoms with van der Waals surface area (Å²) in [7, 11) is 0. The van der Waals surface area contributed by atoms with E-state index in [0.29, 0.717) is 5.92 Å². The molecule has 4 heteroatoms. The summed E-state index contributed by atoms with van der Waals surface area (Å²) in [6.07, 6.45) is 3.97. The second kappa shape index (κ2) is 7.21. The molecule has 2 rings (SSSR count). The minimum atomic E-state index is 0.0955. The number of thiazole rings is 1. The van der Waals surface area contributed by atoms with E-state index in [1.165, 1.54) is 34.8 Å². The molecule has 1 aromatic heterocycles. The van der Waals surface area contributed by atoms with Gasteiger partial charge in [0.15, 0.2) is 0 Å². The Morgan fingerprint density at radius 2 is 2.05 bits per heavy atom. The fraction of sp³-hybridized carbons (Fsp3) is 0.824. The second-order valence-electron chi connectivity index (χ2n) is 6.96. The third kappa shape index (κ3) is 4.51. The van der Waals surface area contributed by atoms with Crippen molar-refractivity contribution in [2.45, 2.75) is 71.9 Å². The van der Waals surface area contributed by atoms with E-state index < -0.39 is 0 Å². The van der Waals surface area contributed by atoms with Crippen LogP contribution in [0.2, 0.25) is 0 Å². The maximum absolute atomic E-state index is 5.99. The van der Waals surface area contributed by atoms with Crippen molar-refractivity contribution in [1.82, 2.24) is 10.3 Å². The minimum absolute atomic E-state index is 0.0955. The second-order valence-corrected chi connectivity index (χ2v) is 8.08. The molecule has 0 aromatic carbocycles. The Morgan fingerprint density at radius 1 is 1.33 bits per heavy atom. The molecule has 1 aromatic rings. The summed E-state index contributed by atoms with van der Waals surface area (Å²) < 4.78 is 5.99. The predicted molar refractivity (Wildman–Crippen MR) is 89.9 cm³/mol. The summed E-state index contributed by atoms with van der Waals surface area (Å²) in [5.41, 5.74) is 1.34. The quantitative estimate of drug-likeness (QED) is 0.721. The van der Waals surface area contributed by atoms with Crippen LogP contribution in [0.4, 0.5) is 0 Å². The highest BCUT2D eigenvalue weighted by Crippen LogP contribution is 2.45. The molecule has 1 aliphatic carbocycles. The SMILES string of the molecule is CCCNCc1sc(C(OCC)C2CC2)nc1C(C)(C)C. The highest BCUT2D eigenvalue weighted by molar-refractivity contribution is 7.11. The first kappa shape index (κ1) is 16.9. The lowest BCUT2D eigenvalue weighted by molar-refractivity contribution is 0.0460. The Balaban J connectivity index is 2.21. The van der Waals surface area contributed by atoms with Crippen LogP contribution in [0.15, 0.2) is 0 Å². The van der Waals surface area contributed by atoms with Crippen LogP contribution in [0, 0.1) is 5.92 Å². The van der Waals surface area contributed by atoms with Crippen molar-refractivity contribution in [3.63, 3.8) is 0 Å². The molecule has 0 amide bonds. The van der Waals surface area contributed by atoms with Gasteiger partial charge in [0.2, 0.25) is 0 Å². The molecule has 1 saturated carbocycles. The summed E-state index contributed by atoms with van der Waals surface area (Å²) in [6, 6.07) is 0. The Kier molecular flexibility index (Phi) is 5.81. The van der Waals surface area contributed by atoms with E-state index in [1.54, 1.807) is 0 Å². The molecule has 0 spiro atoms. The summed E-state index contributed by atoms with van der Waals surface area (Å²) in [5.74, 6) is 0.695. The summed E-state index contributed by atoms with van der Waals surface area (Å²) in [4.78, 5) is 6.38. The lowest BCUT2D eigenvalue weighted by atomic mass is 9.91. The molecule has 0 aliphatic heterocycles. The van der Waals surface area contributed by atoms with Crippen LogP contribution >= 0.6 is 11.3 Å². The Morgan fingerprint density at radius 3 is 2.57 bits per heavy atom. The molecule has 0 saturated heterocycles. The van der Waals surface area contributed by atoms with E-state index in [2.05, 4.69) is 39.9 Å². The smallest absolute Gasteiger partial charge is 0.122 e. The van der Waals surface area contributed by atoms with Crippen LogP contribution in [-0.4, -0.2) is 18.1 Å². The van der Waals surface area contributed by atoms with Gasteiger partial charge in [-0.25, -0.2) is 4.98 Å². The van der Waals surface area contributed by atoms with Crippen molar-refractivity contribution in [2.24, 2.45) is 5.92 Å². The molecule has 0 bridgehead atoms. The summed E-state index contributed by atoms with van der Waals surface area (Å²) in [6.45, 7) is 13.8. The number of nitrogens with zero attached hydrogens (tertiary/aromatic N) is 1. The molecule has 1 fully saturated rings. The van der Waals surface area contributed by atoms with Gasteiger partial charge in [0, 0.05) is 23.4 Å². The van der Waals surface area contributed by atoms with Crippen LogP contribution in [-0.2, 0) is 16.7 Å². The van der Waals surface area contributed by atoms with Crippen molar-refractivity contribution in [1.29, 1.82) is 0 Å². The zero-order chi connectivity index (χ0) is 15.5. The van der Waals surface area contributed by atoms with Gasteiger partial charge in [0.05, 0.1) is 5.69 Å². The highest BCUT2D eigenvalue weighted by atomic mass is 32.1. The van der Waals surface area contributed by atoms with Gasteiger partial charge >= 0.3 is 0 Å². The largest absolute Gasteiger partial charge is 0.371 e. The van der Waals surface area contributed by atoms with Crippen LogP contribution in [0.1, 0.15) is 75.6 Å². The van der Waals surface area contributed by atoms with Gasteiger partial charge in [-0.05, 0) is 38.6 Å². The molecular formula is C17H30N2OS. The number of ether oxygens (including phenoxy) is 1. The van der Waals surface area contributed by atoms with E-state index in [4.69, 9.17) is 9.72 Å². The molecule has 1 heterocycles. The van der Waals surface area contributed by atoms with Crippen molar-refractivity contribution >= 4 is 11.3 Å². The number of aromatic nitrogens is 1. The van der Waals surface area contributed by atoms with E-state index in [-0.39, 0.29) is 11.5 Å². The molecule has 120 valence electrons. The number of nitrogens with one attached hydrogen (secondary N) is 1. The van der Waals surface area contributed by atoms with Crippen molar-refractivity contribution < 1.29 is 4.74 Å². The average molecular weight is 311 g/mol. The van der Waals surface area contributed by atoms with Gasteiger partial charge in [0.1, 0.15) is 11.1 Å². The van der Waals surface area contributed by atoms with Crippen LogP contribution in [0.5, 0.6) is 0 Å². The Hall–Kier alpha value is -0.450. The monoisotopic (exact) mass is 310 g/mol. The lowest BCUT2D eigenvalue weighted by Gasteiger charge is -2.18. The fourth-order valence-corrected chi connectivity index (χ4v) is 3.95. The molecule has 3 nitrogen and oxygen atoms in total. The molecule has 21 heavy (non-hydrogen) atoms. The summed E-state index contributed by atoms with van der Waals surface area (Å²) >= 11 is 1.85. The van der Waals surface area contributed by atoms with Gasteiger partial charge in [-0.1, -0.05) is 27.7 Å². The molecular weight excluding hydrogens is 280 g/mol. The maximum Gasteiger partial charge on any atom is 0.122 e. The fourth-order valence-electron chi connectivity index (χ4n) is 2.56. The van der Waals surface area contributed by atoms with Crippen LogP contribution in [0.3, 0.4) is 0 Å². The highest BCUT2D eigenvalue weighted by Gasteiger charge is 2.36. The first-order valence-corrected chi connectivity index (χ1v) is 9.11. The lowest BCUT2D eigenvalue weighted by Crippen LogP contribution is -2.19. The number of hydrogen-bond acceptors (Lipinski definition) is 4. The maximum atomic E-state index is 5.99. The van der Waals surface area contributed by atoms with Crippen molar-refractivity contribution in [3.05, 3.63) is 15.6 Å². The average Bonchev–Trinajstić information content (AvgIpc) is 3.15. The first-order valence-electron chi connectivity index (χ1n) is 8.29. The zero-order valence-corrected chi connectivity index (χ0v) is 15.0. The number of hydrogen-bond donors (Lipinski definition) is 1. The van der Waals surface area contributed by atoms with E-state index in [0.717, 1.165) is 19.7 Å². The van der Waals surface area contributed by atoms with Gasteiger partial charge in [-0.3, -0.25) is 0 Å².